The van der Waals surface area contributed by atoms with Gasteiger partial charge < -0.3 is 10.4 Å². The summed E-state index contributed by atoms with van der Waals surface area (Å²) < 4.78 is 72.2. The fraction of sp³-hybridized carbons (Fsp3) is 0.368. The first-order valence-corrected chi connectivity index (χ1v) is 8.58. The molecule has 156 valence electrons. The summed E-state index contributed by atoms with van der Waals surface area (Å²) in [6.07, 6.45) is 0. The molecule has 1 aliphatic heterocycles. The fourth-order valence-electron chi connectivity index (χ4n) is 3.57. The van der Waals surface area contributed by atoms with Crippen LogP contribution in [0.5, 0.6) is 0 Å². The Labute approximate surface area is 162 Å². The first kappa shape index (κ1) is 20.8. The van der Waals surface area contributed by atoms with Gasteiger partial charge >= 0.3 is 5.97 Å². The van der Waals surface area contributed by atoms with Crippen LogP contribution in [0.3, 0.4) is 0 Å². The van der Waals surface area contributed by atoms with Crippen molar-refractivity contribution in [1.29, 1.82) is 0 Å². The Kier molecular flexibility index (Phi) is 4.71. The van der Waals surface area contributed by atoms with E-state index in [4.69, 9.17) is 0 Å². The lowest BCUT2D eigenvalue weighted by Crippen LogP contribution is -2.27. The third kappa shape index (κ3) is 2.97. The Bertz CT molecular complexity index is 1050. The van der Waals surface area contributed by atoms with Gasteiger partial charge in [-0.3, -0.25) is 4.68 Å². The van der Waals surface area contributed by atoms with Gasteiger partial charge in [0.1, 0.15) is 5.82 Å². The predicted molar refractivity (Wildman–Crippen MR) is 93.9 cm³/mol. The summed E-state index contributed by atoms with van der Waals surface area (Å²) in [5.41, 5.74) is -2.15. The highest BCUT2D eigenvalue weighted by molar-refractivity contribution is 5.93. The highest BCUT2D eigenvalue weighted by Gasteiger charge is 2.43. The van der Waals surface area contributed by atoms with Crippen molar-refractivity contribution < 1.29 is 31.9 Å². The highest BCUT2D eigenvalue weighted by atomic mass is 19.2. The molecule has 0 aliphatic carbocycles. The number of aliphatic carboxylic acids is 1. The van der Waals surface area contributed by atoms with Gasteiger partial charge in [0.25, 0.3) is 0 Å². The molecule has 2 aromatic rings. The van der Waals surface area contributed by atoms with E-state index in [9.17, 15) is 31.9 Å². The summed E-state index contributed by atoms with van der Waals surface area (Å²) in [6, 6.07) is 0. The van der Waals surface area contributed by atoms with Gasteiger partial charge in [0.15, 0.2) is 23.3 Å². The molecular formula is C19H18F5N3O2. The molecule has 0 saturated carbocycles. The topological polar surface area (TPSA) is 67.1 Å². The van der Waals surface area contributed by atoms with Crippen LogP contribution in [0.2, 0.25) is 0 Å². The summed E-state index contributed by atoms with van der Waals surface area (Å²) in [7, 11) is 1.52. The fourth-order valence-corrected chi connectivity index (χ4v) is 3.57. The van der Waals surface area contributed by atoms with Crippen molar-refractivity contribution in [3.63, 3.8) is 0 Å². The molecule has 3 rings (SSSR count). The van der Waals surface area contributed by atoms with Gasteiger partial charge in [0, 0.05) is 29.3 Å². The Hall–Kier alpha value is -2.91. The number of allylic oxidation sites excluding steroid dienone is 1. The second-order valence-corrected chi connectivity index (χ2v) is 7.87. The van der Waals surface area contributed by atoms with E-state index in [0.717, 1.165) is 0 Å². The molecule has 0 saturated heterocycles. The number of carbonyl (C=O) groups is 1. The van der Waals surface area contributed by atoms with Gasteiger partial charge in [-0.2, -0.15) is 5.10 Å². The maximum absolute atomic E-state index is 14.7. The molecule has 29 heavy (non-hydrogen) atoms. The summed E-state index contributed by atoms with van der Waals surface area (Å²) >= 11 is 0. The van der Waals surface area contributed by atoms with E-state index in [1.807, 2.05) is 0 Å². The number of fused-ring (bicyclic) bond motifs is 1. The SMILES string of the molecule is CC1=C(C(=O)O)C(c2c(F)c(F)c(F)c(F)c2F)c2c(C(C)(C)C)nn(C)c2N1. The van der Waals surface area contributed by atoms with Crippen molar-refractivity contribution in [2.75, 3.05) is 5.32 Å². The van der Waals surface area contributed by atoms with Crippen LogP contribution in [0.1, 0.15) is 50.4 Å². The monoisotopic (exact) mass is 415 g/mol. The average molecular weight is 415 g/mol. The Balaban J connectivity index is 2.50. The molecule has 0 fully saturated rings. The van der Waals surface area contributed by atoms with Crippen molar-refractivity contribution in [2.45, 2.75) is 39.0 Å². The minimum atomic E-state index is -2.31. The molecule has 1 aliphatic rings. The van der Waals surface area contributed by atoms with Crippen molar-refractivity contribution in [1.82, 2.24) is 9.78 Å². The zero-order chi connectivity index (χ0) is 22.0. The van der Waals surface area contributed by atoms with Crippen LogP contribution in [0.15, 0.2) is 11.3 Å². The third-order valence-corrected chi connectivity index (χ3v) is 4.84. The largest absolute Gasteiger partial charge is 0.478 e. The van der Waals surface area contributed by atoms with E-state index in [-0.39, 0.29) is 22.8 Å². The van der Waals surface area contributed by atoms with E-state index >= 15 is 0 Å². The molecule has 1 atom stereocenters. The molecule has 0 bridgehead atoms. The number of benzene rings is 1. The number of aromatic nitrogens is 2. The number of carboxylic acids is 1. The minimum Gasteiger partial charge on any atom is -0.478 e. The maximum atomic E-state index is 14.7. The smallest absolute Gasteiger partial charge is 0.334 e. The molecule has 0 spiro atoms. The van der Waals surface area contributed by atoms with Crippen LogP contribution in [0.25, 0.3) is 0 Å². The van der Waals surface area contributed by atoms with Crippen LogP contribution in [-0.2, 0) is 17.3 Å². The van der Waals surface area contributed by atoms with Crippen LogP contribution in [-0.4, -0.2) is 20.9 Å². The van der Waals surface area contributed by atoms with Gasteiger partial charge in [-0.25, -0.2) is 26.7 Å². The van der Waals surface area contributed by atoms with E-state index in [1.165, 1.54) is 18.7 Å². The van der Waals surface area contributed by atoms with E-state index < -0.39 is 57.5 Å². The minimum absolute atomic E-state index is 0.00222. The Morgan fingerprint density at radius 1 is 1.00 bits per heavy atom. The van der Waals surface area contributed by atoms with Crippen LogP contribution >= 0.6 is 0 Å². The van der Waals surface area contributed by atoms with Crippen LogP contribution < -0.4 is 5.32 Å². The summed E-state index contributed by atoms with van der Waals surface area (Å²) in [4.78, 5) is 12.0. The Morgan fingerprint density at radius 2 is 1.48 bits per heavy atom. The normalized spacial score (nSPS) is 16.7. The van der Waals surface area contributed by atoms with Gasteiger partial charge in [0.2, 0.25) is 5.82 Å². The average Bonchev–Trinajstić information content (AvgIpc) is 2.94. The third-order valence-electron chi connectivity index (χ3n) is 4.84. The highest BCUT2D eigenvalue weighted by Crippen LogP contribution is 2.48. The second kappa shape index (κ2) is 6.57. The number of carboxylic acid groups (broad SMARTS) is 1. The zero-order valence-corrected chi connectivity index (χ0v) is 16.2. The number of hydrogen-bond donors (Lipinski definition) is 2. The van der Waals surface area contributed by atoms with Crippen molar-refractivity contribution in [2.24, 2.45) is 7.05 Å². The number of halogens is 5. The molecular weight excluding hydrogens is 397 g/mol. The number of nitrogens with one attached hydrogen (secondary N) is 1. The number of aryl methyl sites for hydroxylation is 1. The molecule has 10 heteroatoms. The van der Waals surface area contributed by atoms with Crippen LogP contribution in [0.4, 0.5) is 27.8 Å². The second-order valence-electron chi connectivity index (χ2n) is 7.87. The first-order chi connectivity index (χ1) is 13.3. The molecule has 1 aromatic heterocycles. The molecule has 0 amide bonds. The lowest BCUT2D eigenvalue weighted by Gasteiger charge is -2.30. The molecule has 2 heterocycles. The lowest BCUT2D eigenvalue weighted by atomic mass is 9.76. The van der Waals surface area contributed by atoms with E-state index in [2.05, 4.69) is 10.4 Å². The number of anilines is 1. The first-order valence-electron chi connectivity index (χ1n) is 8.58. The van der Waals surface area contributed by atoms with Crippen molar-refractivity contribution >= 4 is 11.8 Å². The van der Waals surface area contributed by atoms with Gasteiger partial charge in [-0.05, 0) is 6.92 Å². The molecule has 1 unspecified atom stereocenters. The number of rotatable bonds is 2. The summed E-state index contributed by atoms with van der Waals surface area (Å²) in [5, 5.41) is 16.9. The maximum Gasteiger partial charge on any atom is 0.334 e. The summed E-state index contributed by atoms with van der Waals surface area (Å²) in [6.45, 7) is 6.54. The van der Waals surface area contributed by atoms with Crippen molar-refractivity contribution in [3.05, 3.63) is 57.2 Å². The van der Waals surface area contributed by atoms with E-state index in [0.29, 0.717) is 0 Å². The summed E-state index contributed by atoms with van der Waals surface area (Å²) in [5.74, 6) is -13.8. The zero-order valence-electron chi connectivity index (χ0n) is 16.2. The predicted octanol–water partition coefficient (Wildman–Crippen LogP) is 4.33. The quantitative estimate of drug-likeness (QED) is 0.435. The molecule has 5 nitrogen and oxygen atoms in total. The Morgan fingerprint density at radius 3 is 1.93 bits per heavy atom. The molecule has 1 aromatic carbocycles. The van der Waals surface area contributed by atoms with Crippen LogP contribution in [0, 0.1) is 29.1 Å². The standard InChI is InChI=1S/C19H18F5N3O2/c1-6-7(18(28)29)8(9-11(20)13(22)15(24)14(23)12(9)21)10-16(19(2,3)4)26-27(5)17(10)25-6/h8,25H,1-5H3,(H,28,29). The van der Waals surface area contributed by atoms with Crippen molar-refractivity contribution in [3.8, 4) is 0 Å². The van der Waals surface area contributed by atoms with E-state index in [1.54, 1.807) is 20.8 Å². The van der Waals surface area contributed by atoms with Gasteiger partial charge in [0.05, 0.1) is 17.2 Å². The molecule has 2 N–H and O–H groups in total. The van der Waals surface area contributed by atoms with Gasteiger partial charge in [-0.15, -0.1) is 0 Å². The lowest BCUT2D eigenvalue weighted by molar-refractivity contribution is -0.133. The molecule has 0 radical (unpaired) electrons. The van der Waals surface area contributed by atoms with Gasteiger partial charge in [-0.1, -0.05) is 20.8 Å². The number of nitrogens with zero attached hydrogens (tertiary/aromatic N) is 2. The number of hydrogen-bond acceptors (Lipinski definition) is 3.